The van der Waals surface area contributed by atoms with Crippen LogP contribution < -0.4 is 25.6 Å². The second kappa shape index (κ2) is 35.1. The van der Waals surface area contributed by atoms with Crippen molar-refractivity contribution in [3.05, 3.63) is 77.9 Å². The Labute approximate surface area is 455 Å². The quantitative estimate of drug-likeness (QED) is 0.0320. The molecule has 1 aliphatic heterocycles. The topological polar surface area (TPSA) is 242 Å². The number of nitrogens with one attached hydrogen (secondary N) is 3. The molecule has 0 aliphatic carbocycles. The summed E-state index contributed by atoms with van der Waals surface area (Å²) in [5.74, 6) is -0.805. The van der Waals surface area contributed by atoms with Crippen LogP contribution >= 0.6 is 11.6 Å². The van der Waals surface area contributed by atoms with E-state index in [4.69, 9.17) is 49.5 Å². The summed E-state index contributed by atoms with van der Waals surface area (Å²) >= 11 is 6.30. The maximum Gasteiger partial charge on any atom is 0.415 e. The standard InChI is InChI=1S/C54H76ClN7O15/c1-39(2)51(58-47(64)17-22-70-24-26-72-28-30-74-32-33-75-31-29-73-27-25-71-23-20-59(3)49(66)12-9-21-63)52(67)56-36-48(65)57-42-15-13-40(14-16-42)38-76-53(68)60(4)18-19-61(5)54(69)77-46-34-45-50(41(35-55)37-62(45)6)44-11-8-7-10-43(44)46/h7-16,21,34,39,41,51H,17-20,22-33,35-38H2,1-6H3,(H,56,67)(H,57,65)(H,58,64)/b12-9-. The lowest BCUT2D eigenvalue weighted by Crippen LogP contribution is -2.51. The van der Waals surface area contributed by atoms with Crippen molar-refractivity contribution in [3.8, 4) is 5.75 Å². The summed E-state index contributed by atoms with van der Waals surface area (Å²) in [6.07, 6.45) is 1.76. The van der Waals surface area contributed by atoms with Gasteiger partial charge in [0.2, 0.25) is 23.6 Å². The van der Waals surface area contributed by atoms with E-state index in [9.17, 15) is 33.6 Å². The number of fused-ring (bicyclic) bond motifs is 3. The van der Waals surface area contributed by atoms with E-state index >= 15 is 0 Å². The summed E-state index contributed by atoms with van der Waals surface area (Å²) < 4.78 is 44.2. The zero-order valence-electron chi connectivity index (χ0n) is 45.1. The molecular weight excluding hydrogens is 1020 g/mol. The van der Waals surface area contributed by atoms with Gasteiger partial charge in [0, 0.05) is 101 Å². The fraction of sp³-hybridized carbons (Fsp3) is 0.537. The number of likely N-dealkylation sites (N-methyl/N-ethyl adjacent to an activating group) is 4. The van der Waals surface area contributed by atoms with Gasteiger partial charge in [0.05, 0.1) is 85.8 Å². The van der Waals surface area contributed by atoms with Crippen LogP contribution in [0.1, 0.15) is 37.3 Å². The number of ether oxygens (including phenoxy) is 8. The van der Waals surface area contributed by atoms with Crippen LogP contribution in [0.25, 0.3) is 10.8 Å². The molecule has 23 heteroatoms. The van der Waals surface area contributed by atoms with Crippen LogP contribution in [0.2, 0.25) is 0 Å². The number of hydrogen-bond acceptors (Lipinski definition) is 16. The molecule has 2 unspecified atom stereocenters. The lowest BCUT2D eigenvalue weighted by atomic mass is 9.95. The molecule has 0 fully saturated rings. The maximum atomic E-state index is 13.2. The summed E-state index contributed by atoms with van der Waals surface area (Å²) in [5, 5.41) is 9.83. The Kier molecular flexibility index (Phi) is 28.8. The Bertz CT molecular complexity index is 2380. The molecule has 424 valence electrons. The van der Waals surface area contributed by atoms with Gasteiger partial charge in [-0.05, 0) is 40.6 Å². The van der Waals surface area contributed by atoms with Crippen LogP contribution in [-0.4, -0.2) is 209 Å². The molecule has 0 saturated heterocycles. The van der Waals surface area contributed by atoms with E-state index in [1.54, 1.807) is 59.3 Å². The lowest BCUT2D eigenvalue weighted by molar-refractivity contribution is -0.131. The molecule has 1 heterocycles. The van der Waals surface area contributed by atoms with Crippen LogP contribution in [0.15, 0.2) is 66.7 Å². The van der Waals surface area contributed by atoms with Gasteiger partial charge in [-0.2, -0.15) is 0 Å². The highest BCUT2D eigenvalue weighted by Gasteiger charge is 2.30. The number of alkyl halides is 1. The number of halogens is 1. The van der Waals surface area contributed by atoms with E-state index < -0.39 is 30.0 Å². The predicted molar refractivity (Wildman–Crippen MR) is 289 cm³/mol. The number of aldehydes is 1. The van der Waals surface area contributed by atoms with Crippen molar-refractivity contribution in [1.82, 2.24) is 25.3 Å². The third-order valence-corrected chi connectivity index (χ3v) is 12.4. The number of allylic oxidation sites excluding steroid dienone is 1. The minimum absolute atomic E-state index is 0.0228. The summed E-state index contributed by atoms with van der Waals surface area (Å²) in [5.41, 5.74) is 3.25. The summed E-state index contributed by atoms with van der Waals surface area (Å²) in [7, 11) is 6.78. The zero-order chi connectivity index (χ0) is 56.0. The van der Waals surface area contributed by atoms with E-state index in [0.717, 1.165) is 34.6 Å². The second-order valence-electron chi connectivity index (χ2n) is 18.3. The number of amides is 6. The molecule has 2 atom stereocenters. The van der Waals surface area contributed by atoms with Gasteiger partial charge in [-0.15, -0.1) is 11.6 Å². The molecule has 3 aromatic carbocycles. The van der Waals surface area contributed by atoms with Crippen LogP contribution in [0.5, 0.6) is 5.75 Å². The number of carbonyl (C=O) groups excluding carboxylic acids is 7. The van der Waals surface area contributed by atoms with Gasteiger partial charge < -0.3 is 73.4 Å². The zero-order valence-corrected chi connectivity index (χ0v) is 45.8. The van der Waals surface area contributed by atoms with Gasteiger partial charge in [-0.3, -0.25) is 24.0 Å². The first kappa shape index (κ1) is 63.1. The van der Waals surface area contributed by atoms with Gasteiger partial charge in [0.25, 0.3) is 0 Å². The maximum absolute atomic E-state index is 13.2. The molecule has 0 saturated carbocycles. The molecule has 6 amide bonds. The molecule has 22 nitrogen and oxygen atoms in total. The number of hydrogen-bond donors (Lipinski definition) is 3. The fourth-order valence-corrected chi connectivity index (χ4v) is 7.86. The highest BCUT2D eigenvalue weighted by molar-refractivity contribution is 6.19. The van der Waals surface area contributed by atoms with Crippen LogP contribution in [0, 0.1) is 5.92 Å². The van der Waals surface area contributed by atoms with E-state index in [0.29, 0.717) is 102 Å². The van der Waals surface area contributed by atoms with Crippen molar-refractivity contribution in [2.75, 3.05) is 156 Å². The predicted octanol–water partition coefficient (Wildman–Crippen LogP) is 4.21. The Morgan fingerprint density at radius 2 is 1.27 bits per heavy atom. The number of nitrogens with zero attached hydrogens (tertiary/aromatic N) is 4. The molecule has 0 bridgehead atoms. The molecule has 0 aromatic heterocycles. The Balaban J connectivity index is 0.992. The first-order valence-corrected chi connectivity index (χ1v) is 26.1. The molecule has 77 heavy (non-hydrogen) atoms. The Morgan fingerprint density at radius 1 is 0.714 bits per heavy atom. The molecule has 0 spiro atoms. The van der Waals surface area contributed by atoms with Gasteiger partial charge >= 0.3 is 12.2 Å². The summed E-state index contributed by atoms with van der Waals surface area (Å²) in [6, 6.07) is 15.5. The molecular formula is C54H76ClN7O15. The van der Waals surface area contributed by atoms with Crippen molar-refractivity contribution >= 4 is 75.8 Å². The van der Waals surface area contributed by atoms with Crippen molar-refractivity contribution in [2.45, 2.75) is 38.8 Å². The molecule has 0 radical (unpaired) electrons. The lowest BCUT2D eigenvalue weighted by Gasteiger charge is -2.22. The van der Waals surface area contributed by atoms with Crippen LogP contribution in [-0.2, 0) is 63.7 Å². The minimum Gasteiger partial charge on any atom is -0.445 e. The number of anilines is 2. The number of carbonyl (C=O) groups is 7. The smallest absolute Gasteiger partial charge is 0.415 e. The SMILES string of the molecule is CC(C)C(NC(=O)CCOCCOCCOCCOCCOCCOCCN(C)C(=O)/C=C\C=O)C(=O)NCC(=O)Nc1ccc(COC(=O)N(C)CCN(C)C(=O)Oc2cc3c(c4ccccc24)C(CCl)CN3C)cc1. The summed E-state index contributed by atoms with van der Waals surface area (Å²) in [4.78, 5) is 92.6. The van der Waals surface area contributed by atoms with Gasteiger partial charge in [0.15, 0.2) is 0 Å². The Morgan fingerprint density at radius 3 is 1.84 bits per heavy atom. The van der Waals surface area contributed by atoms with Crippen molar-refractivity contribution in [3.63, 3.8) is 0 Å². The van der Waals surface area contributed by atoms with Crippen LogP contribution in [0.3, 0.4) is 0 Å². The largest absolute Gasteiger partial charge is 0.445 e. The van der Waals surface area contributed by atoms with E-state index in [-0.39, 0.29) is 69.5 Å². The fourth-order valence-electron chi connectivity index (χ4n) is 7.61. The number of benzene rings is 3. The first-order chi connectivity index (χ1) is 37.1. The third-order valence-electron chi connectivity index (χ3n) is 12.0. The molecule has 4 rings (SSSR count). The molecule has 1 aliphatic rings. The minimum atomic E-state index is -0.875. The normalized spacial score (nSPS) is 13.3. The second-order valence-corrected chi connectivity index (χ2v) is 18.6. The first-order valence-electron chi connectivity index (χ1n) is 25.6. The van der Waals surface area contributed by atoms with Crippen molar-refractivity contribution < 1.29 is 71.5 Å². The monoisotopic (exact) mass is 1100 g/mol. The highest BCUT2D eigenvalue weighted by atomic mass is 35.5. The average molecular weight is 1100 g/mol. The van der Waals surface area contributed by atoms with Crippen LogP contribution in [0.4, 0.5) is 21.0 Å². The van der Waals surface area contributed by atoms with Crippen molar-refractivity contribution in [1.29, 1.82) is 0 Å². The third kappa shape index (κ3) is 22.6. The summed E-state index contributed by atoms with van der Waals surface area (Å²) in [6.45, 7) is 8.87. The van der Waals surface area contributed by atoms with E-state index in [1.807, 2.05) is 37.4 Å². The van der Waals surface area contributed by atoms with E-state index in [1.165, 1.54) is 20.8 Å². The van der Waals surface area contributed by atoms with Gasteiger partial charge in [-0.25, -0.2) is 9.59 Å². The van der Waals surface area contributed by atoms with Gasteiger partial charge in [-0.1, -0.05) is 50.2 Å². The average Bonchev–Trinajstić information content (AvgIpc) is 3.81. The van der Waals surface area contributed by atoms with Crippen molar-refractivity contribution in [2.24, 2.45) is 5.92 Å². The number of rotatable bonds is 36. The Hall–Kier alpha value is -6.40. The molecule has 3 N–H and O–H groups in total. The molecule has 3 aromatic rings. The van der Waals surface area contributed by atoms with Gasteiger partial charge in [0.1, 0.15) is 24.7 Å². The highest BCUT2D eigenvalue weighted by Crippen LogP contribution is 2.45. The van der Waals surface area contributed by atoms with E-state index in [2.05, 4.69) is 20.9 Å².